The van der Waals surface area contributed by atoms with Gasteiger partial charge in [0.15, 0.2) is 34.7 Å². The van der Waals surface area contributed by atoms with Crippen molar-refractivity contribution in [1.82, 2.24) is 4.90 Å². The van der Waals surface area contributed by atoms with E-state index in [9.17, 15) is 34.2 Å². The van der Waals surface area contributed by atoms with Crippen molar-refractivity contribution in [3.8, 4) is 5.75 Å². The molecule has 6 atom stereocenters. The van der Waals surface area contributed by atoms with Crippen molar-refractivity contribution in [3.05, 3.63) is 45.5 Å². The van der Waals surface area contributed by atoms with E-state index in [2.05, 4.69) is 6.08 Å². The molecule has 10 heteroatoms. The van der Waals surface area contributed by atoms with E-state index in [0.717, 1.165) is 31.3 Å². The Kier molecular flexibility index (Phi) is 6.89. The topological polar surface area (TPSA) is 155 Å². The van der Waals surface area contributed by atoms with Gasteiger partial charge in [0.25, 0.3) is 0 Å². The molecule has 39 heavy (non-hydrogen) atoms. The van der Waals surface area contributed by atoms with Crippen LogP contribution in [0.1, 0.15) is 53.6 Å². The zero-order valence-electron chi connectivity index (χ0n) is 21.8. The normalized spacial score (nSPS) is 32.9. The number of carbonyl (C=O) groups is 5. The van der Waals surface area contributed by atoms with E-state index >= 15 is 0 Å². The van der Waals surface area contributed by atoms with Gasteiger partial charge in [0, 0.05) is 11.0 Å². The number of Topliss-reactive ketones (excluding diaryl/α,β-unsaturated/α-hetero) is 4. The fourth-order valence-corrected chi connectivity index (χ4v) is 7.34. The van der Waals surface area contributed by atoms with E-state index in [4.69, 9.17) is 17.3 Å². The number of hydrogen-bond donors (Lipinski definition) is 3. The molecule has 4 aliphatic carbocycles. The van der Waals surface area contributed by atoms with Gasteiger partial charge >= 0.3 is 0 Å². The summed E-state index contributed by atoms with van der Waals surface area (Å²) in [6.45, 7) is 0. The third kappa shape index (κ3) is 4.10. The van der Waals surface area contributed by atoms with Gasteiger partial charge in [-0.2, -0.15) is 0 Å². The summed E-state index contributed by atoms with van der Waals surface area (Å²) in [6, 6.07) is 1.90. The number of amides is 1. The minimum absolute atomic E-state index is 0.00158. The first-order valence-electron chi connectivity index (χ1n) is 13.2. The van der Waals surface area contributed by atoms with Crippen LogP contribution in [0, 0.1) is 23.7 Å². The first-order chi connectivity index (χ1) is 18.4. The number of phenols is 1. The second-order valence-electron chi connectivity index (χ2n) is 11.3. The lowest BCUT2D eigenvalue weighted by Crippen LogP contribution is -2.74. The summed E-state index contributed by atoms with van der Waals surface area (Å²) in [5.74, 6) is -10.6. The average Bonchev–Trinajstić information content (AvgIpc) is 2.88. The van der Waals surface area contributed by atoms with Crippen molar-refractivity contribution in [1.29, 1.82) is 0 Å². The third-order valence-corrected chi connectivity index (χ3v) is 9.21. The number of benzene rings is 1. The van der Waals surface area contributed by atoms with Crippen LogP contribution >= 0.6 is 11.6 Å². The Morgan fingerprint density at radius 3 is 2.49 bits per heavy atom. The standard InChI is InChI=1S/C29H31ClN2O7/c1-32(2)23-17-11-15-10-16-14(12-18(30)13-6-4-3-5-7-13)8-9-19(33)21(16)24(34)20(15)26(36)29(17,39)27(37)22(25(23)35)28(31)38/h6,8-9,12,15,17,20,22-23,33,39H,3-5,7,10-11H2,1-2H3,(H2,31,38)/b18-12-/t15-,17-,20?,22?,23-,29-/m0/s1. The van der Waals surface area contributed by atoms with Crippen LogP contribution in [-0.2, 0) is 25.6 Å². The molecule has 0 saturated heterocycles. The first-order valence-corrected chi connectivity index (χ1v) is 13.5. The van der Waals surface area contributed by atoms with Crippen molar-refractivity contribution in [2.75, 3.05) is 14.1 Å². The first kappa shape index (κ1) is 27.4. The molecule has 4 N–H and O–H groups in total. The molecule has 4 aliphatic rings. The van der Waals surface area contributed by atoms with Gasteiger partial charge in [0.2, 0.25) is 5.91 Å². The molecular weight excluding hydrogens is 524 g/mol. The number of primary amides is 1. The van der Waals surface area contributed by atoms with Crippen molar-refractivity contribution < 1.29 is 34.2 Å². The Labute approximate surface area is 230 Å². The maximum absolute atomic E-state index is 13.9. The molecule has 0 bridgehead atoms. The molecule has 2 unspecified atom stereocenters. The highest BCUT2D eigenvalue weighted by atomic mass is 35.5. The van der Waals surface area contributed by atoms with Gasteiger partial charge in [-0.25, -0.2) is 0 Å². The predicted molar refractivity (Wildman–Crippen MR) is 142 cm³/mol. The van der Waals surface area contributed by atoms with Crippen LogP contribution in [0.5, 0.6) is 5.75 Å². The number of rotatable bonds is 4. The number of nitrogens with zero attached hydrogens (tertiary/aromatic N) is 1. The van der Waals surface area contributed by atoms with E-state index in [-0.39, 0.29) is 24.2 Å². The lowest BCUT2D eigenvalue weighted by molar-refractivity contribution is -0.181. The molecule has 1 aromatic rings. The second kappa shape index (κ2) is 9.80. The summed E-state index contributed by atoms with van der Waals surface area (Å²) < 4.78 is 0. The highest BCUT2D eigenvalue weighted by Gasteiger charge is 2.69. The Morgan fingerprint density at radius 2 is 1.87 bits per heavy atom. The monoisotopic (exact) mass is 554 g/mol. The Bertz CT molecular complexity index is 1380. The summed E-state index contributed by atoms with van der Waals surface area (Å²) in [4.78, 5) is 67.8. The van der Waals surface area contributed by atoms with E-state index in [0.29, 0.717) is 16.2 Å². The number of carbonyl (C=O) groups excluding carboxylic acids is 5. The van der Waals surface area contributed by atoms with Crippen LogP contribution in [0.15, 0.2) is 28.8 Å². The minimum atomic E-state index is -2.74. The number of phenolic OH excluding ortho intramolecular Hbond substituents is 1. The van der Waals surface area contributed by atoms with Crippen molar-refractivity contribution in [2.24, 2.45) is 29.4 Å². The molecule has 2 saturated carbocycles. The maximum atomic E-state index is 13.9. The van der Waals surface area contributed by atoms with E-state index < -0.39 is 64.4 Å². The zero-order valence-corrected chi connectivity index (χ0v) is 22.5. The summed E-state index contributed by atoms with van der Waals surface area (Å²) in [6.07, 6.45) is 7.95. The highest BCUT2D eigenvalue weighted by molar-refractivity contribution is 6.34. The number of nitrogens with two attached hydrogens (primary N) is 1. The number of allylic oxidation sites excluding steroid dienone is 3. The number of halogens is 1. The van der Waals surface area contributed by atoms with Crippen LogP contribution in [0.25, 0.3) is 6.08 Å². The fourth-order valence-electron chi connectivity index (χ4n) is 7.05. The van der Waals surface area contributed by atoms with Gasteiger partial charge in [0.1, 0.15) is 5.75 Å². The molecule has 9 nitrogen and oxygen atoms in total. The number of likely N-dealkylation sites (N-methyl/N-ethyl adjacent to an activating group) is 1. The molecule has 0 aliphatic heterocycles. The van der Waals surface area contributed by atoms with Gasteiger partial charge in [-0.3, -0.25) is 28.9 Å². The summed E-state index contributed by atoms with van der Waals surface area (Å²) in [7, 11) is 3.11. The molecule has 206 valence electrons. The molecule has 0 heterocycles. The predicted octanol–water partition coefficient (Wildman–Crippen LogP) is 1.95. The lowest BCUT2D eigenvalue weighted by atomic mass is 9.52. The van der Waals surface area contributed by atoms with Crippen molar-refractivity contribution in [3.63, 3.8) is 0 Å². The maximum Gasteiger partial charge on any atom is 0.235 e. The Balaban J connectivity index is 1.61. The summed E-state index contributed by atoms with van der Waals surface area (Å²) in [5.41, 5.74) is 4.74. The smallest absolute Gasteiger partial charge is 0.235 e. The van der Waals surface area contributed by atoms with Crippen molar-refractivity contribution in [2.45, 2.75) is 50.2 Å². The molecule has 0 radical (unpaired) electrons. The molecule has 0 aromatic heterocycles. The molecule has 5 rings (SSSR count). The van der Waals surface area contributed by atoms with Gasteiger partial charge in [-0.1, -0.05) is 23.7 Å². The second-order valence-corrected chi connectivity index (χ2v) is 11.7. The Morgan fingerprint density at radius 1 is 1.15 bits per heavy atom. The van der Waals surface area contributed by atoms with Crippen LogP contribution < -0.4 is 5.73 Å². The van der Waals surface area contributed by atoms with Crippen LogP contribution in [0.2, 0.25) is 0 Å². The largest absolute Gasteiger partial charge is 0.507 e. The van der Waals surface area contributed by atoms with Crippen LogP contribution in [0.3, 0.4) is 0 Å². The van der Waals surface area contributed by atoms with Crippen LogP contribution in [-0.4, -0.2) is 69.9 Å². The average molecular weight is 555 g/mol. The zero-order chi connectivity index (χ0) is 28.4. The number of fused-ring (bicyclic) bond motifs is 3. The molecular formula is C29H31ClN2O7. The number of aromatic hydroxyl groups is 1. The van der Waals surface area contributed by atoms with Gasteiger partial charge in [-0.05, 0) is 87.4 Å². The highest BCUT2D eigenvalue weighted by Crippen LogP contribution is 2.51. The molecule has 0 spiro atoms. The molecule has 2 fully saturated rings. The quantitative estimate of drug-likeness (QED) is 0.477. The van der Waals surface area contributed by atoms with Gasteiger partial charge in [0.05, 0.1) is 17.5 Å². The van der Waals surface area contributed by atoms with E-state index in [1.54, 1.807) is 26.2 Å². The fraction of sp³-hybridized carbons (Fsp3) is 0.483. The van der Waals surface area contributed by atoms with E-state index in [1.165, 1.54) is 11.0 Å². The van der Waals surface area contributed by atoms with Crippen molar-refractivity contribution >= 4 is 46.7 Å². The molecule has 1 amide bonds. The third-order valence-electron chi connectivity index (χ3n) is 8.86. The van der Waals surface area contributed by atoms with E-state index in [1.807, 2.05) is 0 Å². The van der Waals surface area contributed by atoms with Crippen LogP contribution in [0.4, 0.5) is 0 Å². The lowest BCUT2D eigenvalue weighted by Gasteiger charge is -2.52. The summed E-state index contributed by atoms with van der Waals surface area (Å²) >= 11 is 6.65. The number of aliphatic hydroxyl groups is 1. The van der Waals surface area contributed by atoms with Gasteiger partial charge in [-0.15, -0.1) is 0 Å². The van der Waals surface area contributed by atoms with Gasteiger partial charge < -0.3 is 15.9 Å². The summed E-state index contributed by atoms with van der Waals surface area (Å²) in [5, 5.41) is 22.9. The molecule has 1 aromatic carbocycles. The minimum Gasteiger partial charge on any atom is -0.507 e. The number of hydrogen-bond acceptors (Lipinski definition) is 8. The Hall–Kier alpha value is -3.14. The SMILES string of the molecule is CN(C)[C@@H]1C(=O)C(C(N)=O)C(=O)[C@@]2(O)C(=O)C3C(=O)c4c(O)ccc(/C=C(\Cl)C5=CCCCC5)c4C[C@H]3C[C@@H]12. The number of ketones is 4.